The predicted octanol–water partition coefficient (Wildman–Crippen LogP) is 1.69. The van der Waals surface area contributed by atoms with Gasteiger partial charge in [-0.05, 0) is 25.3 Å². The van der Waals surface area contributed by atoms with Gasteiger partial charge in [0.05, 0.1) is 12.1 Å². The Morgan fingerprint density at radius 3 is 2.39 bits per heavy atom. The molecule has 6 heteroatoms. The summed E-state index contributed by atoms with van der Waals surface area (Å²) in [6, 6.07) is 8.76. The Morgan fingerprint density at radius 1 is 1.17 bits per heavy atom. The van der Waals surface area contributed by atoms with Crippen molar-refractivity contribution in [3.05, 3.63) is 35.9 Å². The number of nitrogens with one attached hydrogen (secondary N) is 2. The molecule has 2 rings (SSSR count). The average molecular weight is 319 g/mol. The lowest BCUT2D eigenvalue weighted by atomic mass is 9.90. The molecule has 0 spiro atoms. The fourth-order valence-electron chi connectivity index (χ4n) is 2.71. The van der Waals surface area contributed by atoms with Gasteiger partial charge in [-0.25, -0.2) is 4.79 Å². The van der Waals surface area contributed by atoms with Crippen LogP contribution in [0.3, 0.4) is 0 Å². The standard InChI is InChI=1S/C17H25N3O3/c1-12(18)16(21)19-14-9-5-6-10-15(14)20-17(22)23-11-13-7-3-2-4-8-13/h2-4,7-8,12,14-15H,5-6,9-11,18H2,1H3,(H,19,21)(H,20,22). The molecule has 3 unspecified atom stereocenters. The van der Waals surface area contributed by atoms with Crippen LogP contribution in [0.5, 0.6) is 0 Å². The van der Waals surface area contributed by atoms with Gasteiger partial charge in [0, 0.05) is 6.04 Å². The molecule has 0 heterocycles. The van der Waals surface area contributed by atoms with Crippen molar-refractivity contribution in [2.75, 3.05) is 0 Å². The number of hydrogen-bond acceptors (Lipinski definition) is 4. The van der Waals surface area contributed by atoms with Crippen molar-refractivity contribution in [3.63, 3.8) is 0 Å². The van der Waals surface area contributed by atoms with Crippen molar-refractivity contribution in [2.24, 2.45) is 5.73 Å². The van der Waals surface area contributed by atoms with Crippen LogP contribution >= 0.6 is 0 Å². The first-order valence-corrected chi connectivity index (χ1v) is 8.09. The Morgan fingerprint density at radius 2 is 1.78 bits per heavy atom. The largest absolute Gasteiger partial charge is 0.445 e. The maximum Gasteiger partial charge on any atom is 0.407 e. The highest BCUT2D eigenvalue weighted by molar-refractivity contribution is 5.81. The molecular weight excluding hydrogens is 294 g/mol. The number of nitrogens with two attached hydrogens (primary N) is 1. The van der Waals surface area contributed by atoms with Gasteiger partial charge in [0.25, 0.3) is 0 Å². The summed E-state index contributed by atoms with van der Waals surface area (Å²) < 4.78 is 5.24. The van der Waals surface area contributed by atoms with Crippen LogP contribution in [0.25, 0.3) is 0 Å². The van der Waals surface area contributed by atoms with Crippen LogP contribution in [-0.2, 0) is 16.1 Å². The molecule has 0 aliphatic heterocycles. The van der Waals surface area contributed by atoms with Crippen LogP contribution in [-0.4, -0.2) is 30.1 Å². The molecule has 6 nitrogen and oxygen atoms in total. The van der Waals surface area contributed by atoms with E-state index in [0.717, 1.165) is 31.2 Å². The zero-order valence-electron chi connectivity index (χ0n) is 13.5. The van der Waals surface area contributed by atoms with Crippen LogP contribution in [0.1, 0.15) is 38.2 Å². The smallest absolute Gasteiger partial charge is 0.407 e. The predicted molar refractivity (Wildman–Crippen MR) is 87.6 cm³/mol. The molecule has 126 valence electrons. The van der Waals surface area contributed by atoms with Crippen molar-refractivity contribution in [2.45, 2.75) is 57.3 Å². The number of alkyl carbamates (subject to hydrolysis) is 1. The second-order valence-corrected chi connectivity index (χ2v) is 6.00. The number of benzene rings is 1. The van der Waals surface area contributed by atoms with E-state index in [0.29, 0.717) is 0 Å². The molecule has 1 fully saturated rings. The van der Waals surface area contributed by atoms with Gasteiger partial charge in [-0.1, -0.05) is 43.2 Å². The van der Waals surface area contributed by atoms with Gasteiger partial charge in [-0.3, -0.25) is 4.79 Å². The third-order valence-corrected chi connectivity index (χ3v) is 4.02. The fraction of sp³-hybridized carbons (Fsp3) is 0.529. The Labute approximate surface area is 136 Å². The molecule has 1 aromatic carbocycles. The molecule has 1 aromatic rings. The molecule has 0 bridgehead atoms. The Kier molecular flexibility index (Phi) is 6.40. The van der Waals surface area contributed by atoms with Crippen molar-refractivity contribution in [3.8, 4) is 0 Å². The van der Waals surface area contributed by atoms with Crippen molar-refractivity contribution in [1.82, 2.24) is 10.6 Å². The van der Waals surface area contributed by atoms with Crippen molar-refractivity contribution in [1.29, 1.82) is 0 Å². The molecule has 1 aliphatic rings. The molecule has 3 atom stereocenters. The monoisotopic (exact) mass is 319 g/mol. The molecule has 0 radical (unpaired) electrons. The Balaban J connectivity index is 1.83. The highest BCUT2D eigenvalue weighted by Crippen LogP contribution is 2.19. The summed E-state index contributed by atoms with van der Waals surface area (Å²) in [6.07, 6.45) is 3.25. The molecule has 0 saturated heterocycles. The van der Waals surface area contributed by atoms with Crippen LogP contribution in [0.15, 0.2) is 30.3 Å². The molecule has 1 aliphatic carbocycles. The summed E-state index contributed by atoms with van der Waals surface area (Å²) in [4.78, 5) is 23.8. The lowest BCUT2D eigenvalue weighted by Crippen LogP contribution is -2.55. The van der Waals surface area contributed by atoms with Gasteiger partial charge in [-0.2, -0.15) is 0 Å². The number of hydrogen-bond donors (Lipinski definition) is 3. The van der Waals surface area contributed by atoms with Gasteiger partial charge in [0.15, 0.2) is 0 Å². The van der Waals surface area contributed by atoms with E-state index in [1.807, 2.05) is 30.3 Å². The van der Waals surface area contributed by atoms with E-state index in [4.69, 9.17) is 10.5 Å². The molecule has 1 saturated carbocycles. The SMILES string of the molecule is CC(N)C(=O)NC1CCCCC1NC(=O)OCc1ccccc1. The molecule has 0 aromatic heterocycles. The van der Waals surface area contributed by atoms with Crippen LogP contribution < -0.4 is 16.4 Å². The summed E-state index contributed by atoms with van der Waals surface area (Å²) in [7, 11) is 0. The van der Waals surface area contributed by atoms with E-state index in [1.54, 1.807) is 6.92 Å². The molecular formula is C17H25N3O3. The van der Waals surface area contributed by atoms with Gasteiger partial charge in [-0.15, -0.1) is 0 Å². The number of carbonyl (C=O) groups is 2. The summed E-state index contributed by atoms with van der Waals surface area (Å²) in [5.41, 5.74) is 6.53. The van der Waals surface area contributed by atoms with Crippen molar-refractivity contribution < 1.29 is 14.3 Å². The van der Waals surface area contributed by atoms with Crippen LogP contribution in [0, 0.1) is 0 Å². The third-order valence-electron chi connectivity index (χ3n) is 4.02. The van der Waals surface area contributed by atoms with E-state index in [9.17, 15) is 9.59 Å². The van der Waals surface area contributed by atoms with E-state index < -0.39 is 12.1 Å². The lowest BCUT2D eigenvalue weighted by molar-refractivity contribution is -0.123. The lowest BCUT2D eigenvalue weighted by Gasteiger charge is -2.32. The second kappa shape index (κ2) is 8.53. The summed E-state index contributed by atoms with van der Waals surface area (Å²) in [5, 5.41) is 5.78. The maximum absolute atomic E-state index is 12.0. The van der Waals surface area contributed by atoms with E-state index in [2.05, 4.69) is 10.6 Å². The Bertz CT molecular complexity index is 519. The summed E-state index contributed by atoms with van der Waals surface area (Å²) >= 11 is 0. The number of rotatable bonds is 5. The average Bonchev–Trinajstić information content (AvgIpc) is 2.55. The Hall–Kier alpha value is -2.08. The first kappa shape index (κ1) is 17.3. The topological polar surface area (TPSA) is 93.5 Å². The van der Waals surface area contributed by atoms with E-state index >= 15 is 0 Å². The zero-order valence-corrected chi connectivity index (χ0v) is 13.5. The number of amides is 2. The third kappa shape index (κ3) is 5.56. The van der Waals surface area contributed by atoms with E-state index in [-0.39, 0.29) is 24.6 Å². The van der Waals surface area contributed by atoms with Gasteiger partial charge in [0.2, 0.25) is 5.91 Å². The minimum absolute atomic E-state index is 0.0912. The molecule has 4 N–H and O–H groups in total. The number of carbonyl (C=O) groups excluding carboxylic acids is 2. The summed E-state index contributed by atoms with van der Waals surface area (Å²) in [5.74, 6) is -0.193. The quantitative estimate of drug-likeness (QED) is 0.770. The van der Waals surface area contributed by atoms with E-state index in [1.165, 1.54) is 0 Å². The highest BCUT2D eigenvalue weighted by Gasteiger charge is 2.28. The summed E-state index contributed by atoms with van der Waals surface area (Å²) in [6.45, 7) is 1.88. The molecule has 2 amide bonds. The van der Waals surface area contributed by atoms with Gasteiger partial charge in [0.1, 0.15) is 6.61 Å². The first-order valence-electron chi connectivity index (χ1n) is 8.09. The minimum atomic E-state index is -0.553. The fourth-order valence-corrected chi connectivity index (χ4v) is 2.71. The first-order chi connectivity index (χ1) is 11.1. The maximum atomic E-state index is 12.0. The van der Waals surface area contributed by atoms with Gasteiger partial charge >= 0.3 is 6.09 Å². The molecule has 23 heavy (non-hydrogen) atoms. The highest BCUT2D eigenvalue weighted by atomic mass is 16.5. The number of ether oxygens (including phenoxy) is 1. The minimum Gasteiger partial charge on any atom is -0.445 e. The van der Waals surface area contributed by atoms with Crippen LogP contribution in [0.2, 0.25) is 0 Å². The van der Waals surface area contributed by atoms with Crippen LogP contribution in [0.4, 0.5) is 4.79 Å². The zero-order chi connectivity index (χ0) is 16.7. The second-order valence-electron chi connectivity index (χ2n) is 6.00. The normalized spacial score (nSPS) is 22.0. The van der Waals surface area contributed by atoms with Gasteiger partial charge < -0.3 is 21.1 Å². The van der Waals surface area contributed by atoms with Crippen molar-refractivity contribution >= 4 is 12.0 Å².